The molecule has 0 atom stereocenters. The highest BCUT2D eigenvalue weighted by molar-refractivity contribution is 7.09. The number of nitrogens with two attached hydrogens (primary N) is 1. The Balaban J connectivity index is 1.89. The summed E-state index contributed by atoms with van der Waals surface area (Å²) in [5.74, 6) is -0.319. The lowest BCUT2D eigenvalue weighted by Gasteiger charge is -2.04. The Labute approximate surface area is 119 Å². The second-order valence-corrected chi connectivity index (χ2v) is 4.83. The molecule has 4 N–H and O–H groups in total. The summed E-state index contributed by atoms with van der Waals surface area (Å²) in [5.41, 5.74) is 6.14. The minimum Gasteiger partial charge on any atom is -0.409 e. The Morgan fingerprint density at radius 2 is 2.30 bits per heavy atom. The maximum Gasteiger partial charge on any atom is 0.269 e. The van der Waals surface area contributed by atoms with Crippen molar-refractivity contribution in [3.05, 3.63) is 46.2 Å². The molecule has 2 aromatic rings. The summed E-state index contributed by atoms with van der Waals surface area (Å²) in [4.78, 5) is 19.9. The minimum absolute atomic E-state index is 0.0479. The molecule has 0 fully saturated rings. The zero-order chi connectivity index (χ0) is 14.4. The van der Waals surface area contributed by atoms with Crippen molar-refractivity contribution in [3.8, 4) is 0 Å². The number of carbonyl (C=O) groups is 1. The standard InChI is InChI=1S/C12H13N5O2S/c13-11(17-19)8-1-2-9(16-7-8)12(18)15-4-3-10-14-5-6-20-10/h1-2,5-7,19H,3-4H2,(H2,13,17)(H,15,18). The van der Waals surface area contributed by atoms with Gasteiger partial charge in [-0.1, -0.05) is 5.16 Å². The van der Waals surface area contributed by atoms with Crippen molar-refractivity contribution < 1.29 is 10.0 Å². The maximum atomic E-state index is 11.8. The molecule has 20 heavy (non-hydrogen) atoms. The van der Waals surface area contributed by atoms with Crippen molar-refractivity contribution in [1.82, 2.24) is 15.3 Å². The van der Waals surface area contributed by atoms with E-state index in [0.29, 0.717) is 18.5 Å². The van der Waals surface area contributed by atoms with Crippen LogP contribution in [0.2, 0.25) is 0 Å². The number of amides is 1. The number of thiazole rings is 1. The van der Waals surface area contributed by atoms with Gasteiger partial charge in [0.05, 0.1) is 5.01 Å². The lowest BCUT2D eigenvalue weighted by Crippen LogP contribution is -2.26. The molecule has 0 saturated carbocycles. The smallest absolute Gasteiger partial charge is 0.269 e. The average molecular weight is 291 g/mol. The molecule has 0 aliphatic heterocycles. The van der Waals surface area contributed by atoms with Crippen molar-refractivity contribution in [2.24, 2.45) is 10.9 Å². The van der Waals surface area contributed by atoms with E-state index in [9.17, 15) is 4.79 Å². The zero-order valence-corrected chi connectivity index (χ0v) is 11.3. The fraction of sp³-hybridized carbons (Fsp3) is 0.167. The van der Waals surface area contributed by atoms with Gasteiger partial charge in [-0.05, 0) is 12.1 Å². The Bertz CT molecular complexity index is 595. The van der Waals surface area contributed by atoms with Crippen molar-refractivity contribution in [2.45, 2.75) is 6.42 Å². The molecule has 2 rings (SSSR count). The molecular weight excluding hydrogens is 278 g/mol. The molecule has 104 valence electrons. The molecule has 2 heterocycles. The summed E-state index contributed by atoms with van der Waals surface area (Å²) in [7, 11) is 0. The first kappa shape index (κ1) is 13.9. The Morgan fingerprint density at radius 3 is 2.90 bits per heavy atom. The van der Waals surface area contributed by atoms with Crippen LogP contribution in [0.4, 0.5) is 0 Å². The predicted octanol–water partition coefficient (Wildman–Crippen LogP) is 0.605. The summed E-state index contributed by atoms with van der Waals surface area (Å²) in [6, 6.07) is 3.09. The second-order valence-electron chi connectivity index (χ2n) is 3.85. The van der Waals surface area contributed by atoms with Crippen LogP contribution in [-0.2, 0) is 6.42 Å². The summed E-state index contributed by atoms with van der Waals surface area (Å²) >= 11 is 1.55. The van der Waals surface area contributed by atoms with E-state index in [4.69, 9.17) is 10.9 Å². The van der Waals surface area contributed by atoms with Crippen LogP contribution in [-0.4, -0.2) is 33.5 Å². The van der Waals surface area contributed by atoms with E-state index in [1.165, 1.54) is 12.3 Å². The summed E-state index contributed by atoms with van der Waals surface area (Å²) in [5, 5.41) is 17.0. The van der Waals surface area contributed by atoms with Gasteiger partial charge in [-0.3, -0.25) is 9.78 Å². The Hall–Kier alpha value is -2.48. The van der Waals surface area contributed by atoms with Crippen LogP contribution in [0, 0.1) is 0 Å². The minimum atomic E-state index is -0.271. The number of carbonyl (C=O) groups excluding carboxylic acids is 1. The van der Waals surface area contributed by atoms with Gasteiger partial charge in [0, 0.05) is 36.3 Å². The van der Waals surface area contributed by atoms with E-state index in [2.05, 4.69) is 20.4 Å². The third-order valence-corrected chi connectivity index (χ3v) is 3.35. The van der Waals surface area contributed by atoms with Crippen LogP contribution in [0.5, 0.6) is 0 Å². The third kappa shape index (κ3) is 3.51. The fourth-order valence-corrected chi connectivity index (χ4v) is 2.11. The molecule has 0 unspecified atom stereocenters. The number of oxime groups is 1. The van der Waals surface area contributed by atoms with Gasteiger partial charge in [0.2, 0.25) is 0 Å². The number of hydrogen-bond donors (Lipinski definition) is 3. The SMILES string of the molecule is NC(=NO)c1ccc(C(=O)NCCc2nccs2)nc1. The van der Waals surface area contributed by atoms with Gasteiger partial charge in [0.1, 0.15) is 5.69 Å². The van der Waals surface area contributed by atoms with Crippen molar-refractivity contribution >= 4 is 23.1 Å². The van der Waals surface area contributed by atoms with Gasteiger partial charge >= 0.3 is 0 Å². The highest BCUT2D eigenvalue weighted by Gasteiger charge is 2.08. The van der Waals surface area contributed by atoms with E-state index in [1.54, 1.807) is 23.6 Å². The van der Waals surface area contributed by atoms with Crippen LogP contribution >= 0.6 is 11.3 Å². The van der Waals surface area contributed by atoms with Gasteiger partial charge in [-0.15, -0.1) is 11.3 Å². The van der Waals surface area contributed by atoms with Gasteiger partial charge in [-0.25, -0.2) is 4.98 Å². The van der Waals surface area contributed by atoms with E-state index in [-0.39, 0.29) is 17.4 Å². The average Bonchev–Trinajstić information content (AvgIpc) is 2.99. The molecule has 2 aromatic heterocycles. The molecule has 0 saturated heterocycles. The Morgan fingerprint density at radius 1 is 1.45 bits per heavy atom. The van der Waals surface area contributed by atoms with Gasteiger partial charge in [-0.2, -0.15) is 0 Å². The fourth-order valence-electron chi connectivity index (χ4n) is 1.49. The molecule has 0 aromatic carbocycles. The molecule has 8 heteroatoms. The number of rotatable bonds is 5. The second kappa shape index (κ2) is 6.62. The van der Waals surface area contributed by atoms with Crippen LogP contribution in [0.1, 0.15) is 21.1 Å². The van der Waals surface area contributed by atoms with E-state index in [1.807, 2.05) is 5.38 Å². The molecule has 7 nitrogen and oxygen atoms in total. The lowest BCUT2D eigenvalue weighted by atomic mass is 10.2. The number of aromatic nitrogens is 2. The molecule has 0 aliphatic carbocycles. The van der Waals surface area contributed by atoms with Crippen LogP contribution in [0.3, 0.4) is 0 Å². The number of pyridine rings is 1. The van der Waals surface area contributed by atoms with E-state index < -0.39 is 0 Å². The van der Waals surface area contributed by atoms with E-state index >= 15 is 0 Å². The lowest BCUT2D eigenvalue weighted by molar-refractivity contribution is 0.0949. The monoisotopic (exact) mass is 291 g/mol. The molecule has 0 spiro atoms. The maximum absolute atomic E-state index is 11.8. The number of nitrogens with zero attached hydrogens (tertiary/aromatic N) is 3. The van der Waals surface area contributed by atoms with Crippen LogP contribution in [0.15, 0.2) is 35.1 Å². The van der Waals surface area contributed by atoms with Gasteiger partial charge < -0.3 is 16.3 Å². The zero-order valence-electron chi connectivity index (χ0n) is 10.5. The van der Waals surface area contributed by atoms with Gasteiger partial charge in [0.15, 0.2) is 5.84 Å². The van der Waals surface area contributed by atoms with Crippen LogP contribution in [0.25, 0.3) is 0 Å². The number of amidine groups is 1. The largest absolute Gasteiger partial charge is 0.409 e. The first-order chi connectivity index (χ1) is 9.70. The molecule has 0 aliphatic rings. The first-order valence-corrected chi connectivity index (χ1v) is 6.69. The van der Waals surface area contributed by atoms with Gasteiger partial charge in [0.25, 0.3) is 5.91 Å². The number of hydrogen-bond acceptors (Lipinski definition) is 6. The summed E-state index contributed by atoms with van der Waals surface area (Å²) in [6.45, 7) is 0.496. The molecule has 1 amide bonds. The van der Waals surface area contributed by atoms with Crippen molar-refractivity contribution in [2.75, 3.05) is 6.54 Å². The quantitative estimate of drug-likeness (QED) is 0.323. The van der Waals surface area contributed by atoms with Crippen molar-refractivity contribution in [3.63, 3.8) is 0 Å². The topological polar surface area (TPSA) is 113 Å². The highest BCUT2D eigenvalue weighted by atomic mass is 32.1. The molecule has 0 bridgehead atoms. The molecule has 0 radical (unpaired) electrons. The normalized spacial score (nSPS) is 11.3. The highest BCUT2D eigenvalue weighted by Crippen LogP contribution is 2.04. The van der Waals surface area contributed by atoms with Crippen molar-refractivity contribution in [1.29, 1.82) is 0 Å². The van der Waals surface area contributed by atoms with E-state index in [0.717, 1.165) is 5.01 Å². The summed E-state index contributed by atoms with van der Waals surface area (Å²) in [6.07, 6.45) is 3.80. The predicted molar refractivity (Wildman–Crippen MR) is 74.9 cm³/mol. The third-order valence-electron chi connectivity index (χ3n) is 2.51. The Kier molecular flexibility index (Phi) is 4.61. The summed E-state index contributed by atoms with van der Waals surface area (Å²) < 4.78 is 0. The number of nitrogens with one attached hydrogen (secondary N) is 1. The molecular formula is C12H13N5O2S. The first-order valence-electron chi connectivity index (χ1n) is 5.81. The van der Waals surface area contributed by atoms with Crippen LogP contribution < -0.4 is 11.1 Å².